The van der Waals surface area contributed by atoms with E-state index in [0.717, 1.165) is 49.7 Å². The molecule has 0 amide bonds. The second-order valence-corrected chi connectivity index (χ2v) is 6.44. The second kappa shape index (κ2) is 9.25. The maximum Gasteiger partial charge on any atom is 0.161 e. The first kappa shape index (κ1) is 19.0. The van der Waals surface area contributed by atoms with Crippen molar-refractivity contribution < 1.29 is 14.6 Å². The molecule has 1 fully saturated rings. The maximum absolute atomic E-state index is 10.0. The van der Waals surface area contributed by atoms with Gasteiger partial charge in [0.1, 0.15) is 0 Å². The van der Waals surface area contributed by atoms with E-state index in [0.29, 0.717) is 12.6 Å². The normalized spacial score (nSPS) is 20.8. The van der Waals surface area contributed by atoms with Crippen LogP contribution in [0.3, 0.4) is 0 Å². The number of methoxy groups -OCH3 is 1. The number of hydrogen-bond acceptors (Lipinski definition) is 5. The highest BCUT2D eigenvalue weighted by molar-refractivity contribution is 5.44. The molecule has 2 unspecified atom stereocenters. The van der Waals surface area contributed by atoms with Crippen molar-refractivity contribution in [2.24, 2.45) is 0 Å². The van der Waals surface area contributed by atoms with E-state index in [1.54, 1.807) is 7.11 Å². The summed E-state index contributed by atoms with van der Waals surface area (Å²) in [6, 6.07) is 6.41. The van der Waals surface area contributed by atoms with Gasteiger partial charge in [0.2, 0.25) is 0 Å². The van der Waals surface area contributed by atoms with Crippen LogP contribution in [-0.2, 0) is 0 Å². The Kier molecular flexibility index (Phi) is 7.34. The van der Waals surface area contributed by atoms with Gasteiger partial charge in [-0.2, -0.15) is 0 Å². The highest BCUT2D eigenvalue weighted by Gasteiger charge is 2.29. The van der Waals surface area contributed by atoms with Crippen molar-refractivity contribution in [3.8, 4) is 11.5 Å². The Morgan fingerprint density at radius 1 is 1.25 bits per heavy atom. The highest BCUT2D eigenvalue weighted by Crippen LogP contribution is 2.33. The molecule has 0 aliphatic carbocycles. The van der Waals surface area contributed by atoms with E-state index in [1.807, 2.05) is 18.2 Å². The molecule has 2 atom stereocenters. The van der Waals surface area contributed by atoms with Crippen LogP contribution >= 0.6 is 0 Å². The predicted molar refractivity (Wildman–Crippen MR) is 96.9 cm³/mol. The summed E-state index contributed by atoms with van der Waals surface area (Å²) in [5.41, 5.74) is 1.08. The third-order valence-electron chi connectivity index (χ3n) is 4.82. The van der Waals surface area contributed by atoms with E-state index >= 15 is 0 Å². The second-order valence-electron chi connectivity index (χ2n) is 6.44. The molecular weight excluding hydrogens is 304 g/mol. The monoisotopic (exact) mass is 336 g/mol. The summed E-state index contributed by atoms with van der Waals surface area (Å²) < 4.78 is 11.2. The Balaban J connectivity index is 2.20. The fourth-order valence-corrected chi connectivity index (χ4v) is 3.42. The molecule has 24 heavy (non-hydrogen) atoms. The number of benzene rings is 1. The van der Waals surface area contributed by atoms with Gasteiger partial charge in [-0.05, 0) is 37.6 Å². The number of hydrogen-bond donors (Lipinski definition) is 1. The largest absolute Gasteiger partial charge is 0.493 e. The SMILES string of the molecule is CCCOc1cc(C(CO)N2CCN(CC)CC2C)ccc1OC. The Bertz CT molecular complexity index is 509. The van der Waals surface area contributed by atoms with Gasteiger partial charge in [0.05, 0.1) is 26.4 Å². The zero-order chi connectivity index (χ0) is 17.5. The third-order valence-corrected chi connectivity index (χ3v) is 4.82. The van der Waals surface area contributed by atoms with E-state index in [1.165, 1.54) is 0 Å². The lowest BCUT2D eigenvalue weighted by Crippen LogP contribution is -2.53. The van der Waals surface area contributed by atoms with Crippen LogP contribution < -0.4 is 9.47 Å². The van der Waals surface area contributed by atoms with Crippen LogP contribution in [0.25, 0.3) is 0 Å². The molecule has 1 heterocycles. The van der Waals surface area contributed by atoms with Gasteiger partial charge in [0.25, 0.3) is 0 Å². The van der Waals surface area contributed by atoms with Crippen LogP contribution in [0.4, 0.5) is 0 Å². The molecule has 1 aromatic rings. The minimum atomic E-state index is -0.00566. The van der Waals surface area contributed by atoms with Gasteiger partial charge in [-0.25, -0.2) is 0 Å². The number of aliphatic hydroxyl groups excluding tert-OH is 1. The lowest BCUT2D eigenvalue weighted by atomic mass is 10.0. The molecule has 136 valence electrons. The molecule has 1 saturated heterocycles. The summed E-state index contributed by atoms with van der Waals surface area (Å²) in [4.78, 5) is 4.86. The smallest absolute Gasteiger partial charge is 0.161 e. The molecule has 1 aliphatic rings. The van der Waals surface area contributed by atoms with Crippen molar-refractivity contribution in [3.05, 3.63) is 23.8 Å². The first-order chi connectivity index (χ1) is 11.6. The van der Waals surface area contributed by atoms with Crippen LogP contribution in [0.15, 0.2) is 18.2 Å². The number of rotatable bonds is 8. The van der Waals surface area contributed by atoms with E-state index in [-0.39, 0.29) is 12.6 Å². The summed E-state index contributed by atoms with van der Waals surface area (Å²) in [6.07, 6.45) is 0.951. The van der Waals surface area contributed by atoms with E-state index in [9.17, 15) is 5.11 Å². The van der Waals surface area contributed by atoms with Gasteiger partial charge >= 0.3 is 0 Å². The van der Waals surface area contributed by atoms with E-state index in [2.05, 4.69) is 30.6 Å². The Morgan fingerprint density at radius 3 is 2.62 bits per heavy atom. The standard InChI is InChI=1S/C19H32N2O3/c1-5-11-24-19-12-16(7-8-18(19)23-4)17(14-22)21-10-9-20(6-2)13-15(21)3/h7-8,12,15,17,22H,5-6,9-11,13-14H2,1-4H3. The van der Waals surface area contributed by atoms with Crippen LogP contribution in [0.1, 0.15) is 38.8 Å². The molecule has 0 saturated carbocycles. The zero-order valence-electron chi connectivity index (χ0n) is 15.5. The number of aliphatic hydroxyl groups is 1. The van der Waals surface area contributed by atoms with Gasteiger partial charge in [-0.1, -0.05) is 19.9 Å². The lowest BCUT2D eigenvalue weighted by molar-refractivity contribution is 0.0270. The van der Waals surface area contributed by atoms with E-state index in [4.69, 9.17) is 9.47 Å². The van der Waals surface area contributed by atoms with Crippen molar-refractivity contribution in [2.45, 2.75) is 39.3 Å². The molecule has 5 nitrogen and oxygen atoms in total. The summed E-state index contributed by atoms with van der Waals surface area (Å²) in [5.74, 6) is 1.50. The topological polar surface area (TPSA) is 45.2 Å². The molecule has 2 rings (SSSR count). The molecule has 0 spiro atoms. The zero-order valence-corrected chi connectivity index (χ0v) is 15.5. The minimum absolute atomic E-state index is 0.00566. The summed E-state index contributed by atoms with van der Waals surface area (Å²) in [7, 11) is 1.66. The predicted octanol–water partition coefficient (Wildman–Crippen LogP) is 2.54. The molecule has 1 N–H and O–H groups in total. The van der Waals surface area contributed by atoms with Gasteiger partial charge < -0.3 is 19.5 Å². The van der Waals surface area contributed by atoms with Gasteiger partial charge in [-0.3, -0.25) is 4.90 Å². The maximum atomic E-state index is 10.0. The average molecular weight is 336 g/mol. The summed E-state index contributed by atoms with van der Waals surface area (Å²) in [6.45, 7) is 11.4. The Hall–Kier alpha value is -1.30. The molecule has 0 bridgehead atoms. The number of ether oxygens (including phenoxy) is 2. The van der Waals surface area contributed by atoms with E-state index < -0.39 is 0 Å². The van der Waals surface area contributed by atoms with Gasteiger partial charge in [0, 0.05) is 25.7 Å². The lowest BCUT2D eigenvalue weighted by Gasteiger charge is -2.43. The number of likely N-dealkylation sites (N-methyl/N-ethyl adjacent to an activating group) is 1. The van der Waals surface area contributed by atoms with Crippen LogP contribution in [0.2, 0.25) is 0 Å². The Labute approximate surface area is 146 Å². The molecule has 0 radical (unpaired) electrons. The van der Waals surface area contributed by atoms with Gasteiger partial charge in [0.15, 0.2) is 11.5 Å². The Morgan fingerprint density at radius 2 is 2.04 bits per heavy atom. The first-order valence-electron chi connectivity index (χ1n) is 9.04. The minimum Gasteiger partial charge on any atom is -0.493 e. The van der Waals surface area contributed by atoms with Crippen molar-refractivity contribution in [1.82, 2.24) is 9.80 Å². The fourth-order valence-electron chi connectivity index (χ4n) is 3.42. The molecule has 1 aliphatic heterocycles. The van der Waals surface area contributed by atoms with Crippen molar-refractivity contribution in [2.75, 3.05) is 46.5 Å². The first-order valence-corrected chi connectivity index (χ1v) is 9.04. The number of nitrogens with zero attached hydrogens (tertiary/aromatic N) is 2. The highest BCUT2D eigenvalue weighted by atomic mass is 16.5. The summed E-state index contributed by atoms with van der Waals surface area (Å²) in [5, 5.41) is 10.0. The van der Waals surface area contributed by atoms with Crippen molar-refractivity contribution >= 4 is 0 Å². The third kappa shape index (κ3) is 4.41. The van der Waals surface area contributed by atoms with Gasteiger partial charge in [-0.15, -0.1) is 0 Å². The fraction of sp³-hybridized carbons (Fsp3) is 0.684. The summed E-state index contributed by atoms with van der Waals surface area (Å²) >= 11 is 0. The number of piperazine rings is 1. The van der Waals surface area contributed by atoms with Crippen molar-refractivity contribution in [1.29, 1.82) is 0 Å². The quantitative estimate of drug-likeness (QED) is 0.790. The molecule has 0 aromatic heterocycles. The van der Waals surface area contributed by atoms with Crippen LogP contribution in [0, 0.1) is 0 Å². The van der Waals surface area contributed by atoms with Crippen LogP contribution in [0.5, 0.6) is 11.5 Å². The molecule has 1 aromatic carbocycles. The van der Waals surface area contributed by atoms with Crippen molar-refractivity contribution in [3.63, 3.8) is 0 Å². The molecule has 5 heteroatoms. The van der Waals surface area contributed by atoms with Crippen LogP contribution in [-0.4, -0.2) is 67.5 Å². The molecular formula is C19H32N2O3. The average Bonchev–Trinajstić information content (AvgIpc) is 2.61.